The highest BCUT2D eigenvalue weighted by Gasteiger charge is 2.23. The fourth-order valence-electron chi connectivity index (χ4n) is 2.05. The number of methoxy groups -OCH3 is 1. The lowest BCUT2D eigenvalue weighted by molar-refractivity contribution is -0.146. The standard InChI is InChI=1S/C16H22FNO3/c1-11(2)18(10-12(3)16(20)21-4)15(19)9-13-5-7-14(17)8-6-13/h5-8,11-12H,9-10H2,1-4H3. The summed E-state index contributed by atoms with van der Waals surface area (Å²) in [6.07, 6.45) is 0.187. The first-order chi connectivity index (χ1) is 9.85. The second kappa shape index (κ2) is 7.76. The molecule has 4 nitrogen and oxygen atoms in total. The summed E-state index contributed by atoms with van der Waals surface area (Å²) < 4.78 is 17.5. The Morgan fingerprint density at radius 3 is 2.24 bits per heavy atom. The number of benzene rings is 1. The van der Waals surface area contributed by atoms with Crippen LogP contribution in [0.4, 0.5) is 4.39 Å². The molecule has 0 N–H and O–H groups in total. The lowest BCUT2D eigenvalue weighted by atomic mass is 10.1. The SMILES string of the molecule is COC(=O)C(C)CN(C(=O)Cc1ccc(F)cc1)C(C)C. The minimum Gasteiger partial charge on any atom is -0.469 e. The third kappa shape index (κ3) is 5.17. The summed E-state index contributed by atoms with van der Waals surface area (Å²) in [7, 11) is 1.33. The molecule has 0 aromatic heterocycles. The molecule has 1 atom stereocenters. The van der Waals surface area contributed by atoms with Crippen molar-refractivity contribution in [3.05, 3.63) is 35.6 Å². The maximum Gasteiger partial charge on any atom is 0.310 e. The average Bonchev–Trinajstić information content (AvgIpc) is 2.45. The van der Waals surface area contributed by atoms with Crippen molar-refractivity contribution in [2.75, 3.05) is 13.7 Å². The van der Waals surface area contributed by atoms with Crippen LogP contribution in [0.25, 0.3) is 0 Å². The molecule has 0 aliphatic heterocycles. The number of carbonyl (C=O) groups excluding carboxylic acids is 2. The number of esters is 1. The summed E-state index contributed by atoms with van der Waals surface area (Å²) in [5, 5.41) is 0. The highest BCUT2D eigenvalue weighted by atomic mass is 19.1. The van der Waals surface area contributed by atoms with Gasteiger partial charge in [0.15, 0.2) is 0 Å². The van der Waals surface area contributed by atoms with E-state index in [1.807, 2.05) is 13.8 Å². The Kier molecular flexibility index (Phi) is 6.34. The van der Waals surface area contributed by atoms with Gasteiger partial charge in [0, 0.05) is 12.6 Å². The molecular weight excluding hydrogens is 273 g/mol. The molecule has 0 bridgehead atoms. The fraction of sp³-hybridized carbons (Fsp3) is 0.500. The summed E-state index contributed by atoms with van der Waals surface area (Å²) in [5.74, 6) is -1.14. The molecule has 0 aliphatic carbocycles. The van der Waals surface area contributed by atoms with Gasteiger partial charge in [0.25, 0.3) is 0 Å². The summed E-state index contributed by atoms with van der Waals surface area (Å²) in [6.45, 7) is 5.83. The first-order valence-corrected chi connectivity index (χ1v) is 6.97. The Bertz CT molecular complexity index is 485. The van der Waals surface area contributed by atoms with Gasteiger partial charge in [-0.2, -0.15) is 0 Å². The Balaban J connectivity index is 2.73. The quantitative estimate of drug-likeness (QED) is 0.757. The van der Waals surface area contributed by atoms with Gasteiger partial charge in [-0.05, 0) is 31.5 Å². The molecule has 0 aliphatic rings. The van der Waals surface area contributed by atoms with Gasteiger partial charge in [0.05, 0.1) is 19.4 Å². The van der Waals surface area contributed by atoms with E-state index in [0.717, 1.165) is 5.56 Å². The normalized spacial score (nSPS) is 12.1. The predicted molar refractivity (Wildman–Crippen MR) is 78.1 cm³/mol. The molecule has 116 valence electrons. The number of carbonyl (C=O) groups is 2. The van der Waals surface area contributed by atoms with E-state index in [9.17, 15) is 14.0 Å². The largest absolute Gasteiger partial charge is 0.469 e. The third-order valence-corrected chi connectivity index (χ3v) is 3.29. The fourth-order valence-corrected chi connectivity index (χ4v) is 2.05. The molecule has 0 saturated carbocycles. The van der Waals surface area contributed by atoms with Crippen molar-refractivity contribution in [2.24, 2.45) is 5.92 Å². The molecule has 21 heavy (non-hydrogen) atoms. The van der Waals surface area contributed by atoms with Gasteiger partial charge >= 0.3 is 5.97 Å². The van der Waals surface area contributed by atoms with Gasteiger partial charge in [0.2, 0.25) is 5.91 Å². The Morgan fingerprint density at radius 2 is 1.76 bits per heavy atom. The highest BCUT2D eigenvalue weighted by Crippen LogP contribution is 2.11. The van der Waals surface area contributed by atoms with Gasteiger partial charge in [-0.25, -0.2) is 4.39 Å². The molecule has 0 spiro atoms. The van der Waals surface area contributed by atoms with Crippen molar-refractivity contribution >= 4 is 11.9 Å². The number of ether oxygens (including phenoxy) is 1. The smallest absolute Gasteiger partial charge is 0.310 e. The van der Waals surface area contributed by atoms with Gasteiger partial charge in [0.1, 0.15) is 5.82 Å². The third-order valence-electron chi connectivity index (χ3n) is 3.29. The second-order valence-electron chi connectivity index (χ2n) is 5.37. The van der Waals surface area contributed by atoms with Crippen LogP contribution >= 0.6 is 0 Å². The van der Waals surface area contributed by atoms with E-state index in [1.54, 1.807) is 24.0 Å². The molecule has 0 radical (unpaired) electrons. The molecular formula is C16H22FNO3. The minimum absolute atomic E-state index is 0.0231. The molecule has 1 rings (SSSR count). The minimum atomic E-state index is -0.380. The predicted octanol–water partition coefficient (Wildman–Crippen LogP) is 2.41. The van der Waals surface area contributed by atoms with Crippen LogP contribution in [0.1, 0.15) is 26.3 Å². The van der Waals surface area contributed by atoms with E-state index in [4.69, 9.17) is 0 Å². The lowest BCUT2D eigenvalue weighted by Gasteiger charge is -2.29. The van der Waals surface area contributed by atoms with Gasteiger partial charge in [-0.1, -0.05) is 19.1 Å². The summed E-state index contributed by atoms with van der Waals surface area (Å²) in [4.78, 5) is 25.5. The summed E-state index contributed by atoms with van der Waals surface area (Å²) in [5.41, 5.74) is 0.748. The molecule has 1 amide bonds. The summed E-state index contributed by atoms with van der Waals surface area (Å²) >= 11 is 0. The number of halogens is 1. The Hall–Kier alpha value is -1.91. The lowest BCUT2D eigenvalue weighted by Crippen LogP contribution is -2.42. The van der Waals surface area contributed by atoms with Crippen LogP contribution in [0.2, 0.25) is 0 Å². The van der Waals surface area contributed by atoms with Crippen LogP contribution in [0, 0.1) is 11.7 Å². The number of nitrogens with zero attached hydrogens (tertiary/aromatic N) is 1. The van der Waals surface area contributed by atoms with Crippen molar-refractivity contribution < 1.29 is 18.7 Å². The van der Waals surface area contributed by atoms with E-state index in [1.165, 1.54) is 19.2 Å². The van der Waals surface area contributed by atoms with E-state index in [2.05, 4.69) is 4.74 Å². The molecule has 0 fully saturated rings. The highest BCUT2D eigenvalue weighted by molar-refractivity contribution is 5.80. The number of hydrogen-bond donors (Lipinski definition) is 0. The van der Waals surface area contributed by atoms with E-state index in [0.29, 0.717) is 6.54 Å². The first-order valence-electron chi connectivity index (χ1n) is 6.97. The molecule has 0 saturated heterocycles. The number of amides is 1. The zero-order valence-electron chi connectivity index (χ0n) is 12.9. The van der Waals surface area contributed by atoms with Crippen LogP contribution in [0.5, 0.6) is 0 Å². The average molecular weight is 295 g/mol. The van der Waals surface area contributed by atoms with Crippen LogP contribution in [-0.2, 0) is 20.7 Å². The van der Waals surface area contributed by atoms with Crippen LogP contribution in [0.15, 0.2) is 24.3 Å². The van der Waals surface area contributed by atoms with Crippen molar-refractivity contribution in [1.29, 1.82) is 0 Å². The topological polar surface area (TPSA) is 46.6 Å². The molecule has 1 aromatic carbocycles. The molecule has 0 heterocycles. The van der Waals surface area contributed by atoms with Crippen molar-refractivity contribution in [3.8, 4) is 0 Å². The first kappa shape index (κ1) is 17.1. The van der Waals surface area contributed by atoms with Crippen LogP contribution < -0.4 is 0 Å². The van der Waals surface area contributed by atoms with Gasteiger partial charge < -0.3 is 9.64 Å². The monoisotopic (exact) mass is 295 g/mol. The number of hydrogen-bond acceptors (Lipinski definition) is 3. The van der Waals surface area contributed by atoms with Crippen molar-refractivity contribution in [3.63, 3.8) is 0 Å². The van der Waals surface area contributed by atoms with Crippen LogP contribution in [-0.4, -0.2) is 36.5 Å². The Morgan fingerprint density at radius 1 is 1.19 bits per heavy atom. The van der Waals surface area contributed by atoms with Gasteiger partial charge in [-0.3, -0.25) is 9.59 Å². The van der Waals surface area contributed by atoms with Crippen molar-refractivity contribution in [2.45, 2.75) is 33.2 Å². The maximum atomic E-state index is 12.9. The zero-order valence-corrected chi connectivity index (χ0v) is 12.9. The second-order valence-corrected chi connectivity index (χ2v) is 5.37. The van der Waals surface area contributed by atoms with Crippen molar-refractivity contribution in [1.82, 2.24) is 4.90 Å². The Labute approximate surface area is 124 Å². The summed E-state index contributed by atoms with van der Waals surface area (Å²) in [6, 6.07) is 5.83. The van der Waals surface area contributed by atoms with Gasteiger partial charge in [-0.15, -0.1) is 0 Å². The van der Waals surface area contributed by atoms with E-state index in [-0.39, 0.29) is 36.1 Å². The number of rotatable bonds is 6. The molecule has 1 unspecified atom stereocenters. The van der Waals surface area contributed by atoms with E-state index < -0.39 is 0 Å². The van der Waals surface area contributed by atoms with Crippen LogP contribution in [0.3, 0.4) is 0 Å². The van der Waals surface area contributed by atoms with E-state index >= 15 is 0 Å². The molecule has 5 heteroatoms. The molecule has 1 aromatic rings. The maximum absolute atomic E-state index is 12.9. The zero-order chi connectivity index (χ0) is 16.0.